The fraction of sp³-hybridized carbons (Fsp3) is 0.0455. The number of non-ortho nitro benzene ring substituents is 1. The largest absolute Gasteiger partial charge is 0.488 e. The van der Waals surface area contributed by atoms with E-state index in [0.717, 1.165) is 5.56 Å². The van der Waals surface area contributed by atoms with Gasteiger partial charge in [0.1, 0.15) is 18.2 Å². The number of rotatable bonds is 6. The maximum atomic E-state index is 13.3. The van der Waals surface area contributed by atoms with Crippen molar-refractivity contribution in [3.8, 4) is 11.8 Å². The number of ether oxygens (including phenoxy) is 1. The van der Waals surface area contributed by atoms with Crippen LogP contribution in [0.25, 0.3) is 11.6 Å². The molecule has 0 heterocycles. The van der Waals surface area contributed by atoms with Gasteiger partial charge in [-0.15, -0.1) is 0 Å². The monoisotopic (exact) mass is 452 g/mol. The molecule has 3 aromatic rings. The molecule has 0 aliphatic carbocycles. The second-order valence-corrected chi connectivity index (χ2v) is 6.94. The summed E-state index contributed by atoms with van der Waals surface area (Å²) < 4.78 is 19.6. The molecule has 3 rings (SSSR count). The average molecular weight is 453 g/mol. The molecule has 0 fully saturated rings. The predicted octanol–water partition coefficient (Wildman–Crippen LogP) is 6.14. The minimum absolute atomic E-state index is 0.0778. The fourth-order valence-corrected chi connectivity index (χ4v) is 3.16. The highest BCUT2D eigenvalue weighted by Gasteiger charge is 2.10. The summed E-state index contributed by atoms with van der Waals surface area (Å²) >= 11 is 3.43. The zero-order chi connectivity index (χ0) is 20.8. The third kappa shape index (κ3) is 5.27. The van der Waals surface area contributed by atoms with Crippen molar-refractivity contribution < 1.29 is 14.1 Å². The van der Waals surface area contributed by atoms with Gasteiger partial charge in [-0.05, 0) is 63.0 Å². The van der Waals surface area contributed by atoms with Crippen LogP contribution >= 0.6 is 15.9 Å². The Labute approximate surface area is 175 Å². The molecule has 0 unspecified atom stereocenters. The fourth-order valence-electron chi connectivity index (χ4n) is 2.65. The van der Waals surface area contributed by atoms with Crippen LogP contribution in [0, 0.1) is 27.3 Å². The minimum atomic E-state index is -0.500. The third-order valence-electron chi connectivity index (χ3n) is 4.04. The second kappa shape index (κ2) is 9.13. The van der Waals surface area contributed by atoms with E-state index in [9.17, 15) is 19.8 Å². The van der Waals surface area contributed by atoms with E-state index in [0.29, 0.717) is 26.9 Å². The number of allylic oxidation sites excluding steroid dienone is 1. The summed E-state index contributed by atoms with van der Waals surface area (Å²) in [4.78, 5) is 10.4. The van der Waals surface area contributed by atoms with Crippen LogP contribution in [0.15, 0.2) is 71.2 Å². The quantitative estimate of drug-likeness (QED) is 0.195. The van der Waals surface area contributed by atoms with Gasteiger partial charge >= 0.3 is 0 Å². The van der Waals surface area contributed by atoms with Gasteiger partial charge in [0, 0.05) is 12.1 Å². The highest BCUT2D eigenvalue weighted by molar-refractivity contribution is 9.10. The molecular formula is C22H14BrFN2O3. The smallest absolute Gasteiger partial charge is 0.270 e. The van der Waals surface area contributed by atoms with Crippen molar-refractivity contribution in [2.24, 2.45) is 0 Å². The average Bonchev–Trinajstić information content (AvgIpc) is 2.71. The molecule has 0 bridgehead atoms. The molecule has 3 aromatic carbocycles. The van der Waals surface area contributed by atoms with Crippen LogP contribution in [0.4, 0.5) is 10.1 Å². The van der Waals surface area contributed by atoms with Gasteiger partial charge in [0.2, 0.25) is 0 Å². The molecule has 144 valence electrons. The number of nitriles is 1. The van der Waals surface area contributed by atoms with E-state index in [1.54, 1.807) is 42.5 Å². The van der Waals surface area contributed by atoms with Gasteiger partial charge in [-0.3, -0.25) is 10.1 Å². The molecule has 0 aliphatic heterocycles. The van der Waals surface area contributed by atoms with Crippen LogP contribution in [-0.4, -0.2) is 4.92 Å². The molecule has 0 atom stereocenters. The van der Waals surface area contributed by atoms with E-state index in [2.05, 4.69) is 22.0 Å². The summed E-state index contributed by atoms with van der Waals surface area (Å²) in [7, 11) is 0. The molecule has 7 heteroatoms. The Hall–Kier alpha value is -3.50. The number of nitro benzene ring substituents is 1. The van der Waals surface area contributed by atoms with E-state index in [4.69, 9.17) is 4.74 Å². The molecule has 0 N–H and O–H groups in total. The number of hydrogen-bond acceptors (Lipinski definition) is 4. The first kappa shape index (κ1) is 20.2. The first-order chi connectivity index (χ1) is 14.0. The lowest BCUT2D eigenvalue weighted by Gasteiger charge is -2.09. The molecule has 5 nitrogen and oxygen atoms in total. The zero-order valence-electron chi connectivity index (χ0n) is 15.0. The normalized spacial score (nSPS) is 11.0. The van der Waals surface area contributed by atoms with Gasteiger partial charge in [0.05, 0.1) is 21.0 Å². The number of nitrogens with zero attached hydrogens (tertiary/aromatic N) is 2. The lowest BCUT2D eigenvalue weighted by atomic mass is 10.0. The number of nitro groups is 1. The zero-order valence-corrected chi connectivity index (χ0v) is 16.6. The topological polar surface area (TPSA) is 76.2 Å². The maximum absolute atomic E-state index is 13.3. The van der Waals surface area contributed by atoms with Crippen molar-refractivity contribution in [3.05, 3.63) is 104 Å². The SMILES string of the molecule is N#CC(=Cc1ccc(OCc2cccc(F)c2)c(Br)c1)c1cccc([N+](=O)[O-])c1. The van der Waals surface area contributed by atoms with Gasteiger partial charge in [-0.1, -0.05) is 30.3 Å². The molecule has 0 aliphatic rings. The standard InChI is InChI=1S/C22H14BrFN2O3/c23-21-11-15(7-8-22(21)29-14-16-3-1-5-19(24)10-16)9-18(13-25)17-4-2-6-20(12-17)26(27)28/h1-12H,14H2. The van der Waals surface area contributed by atoms with Gasteiger partial charge in [0.25, 0.3) is 5.69 Å². The van der Waals surface area contributed by atoms with Gasteiger partial charge in [0.15, 0.2) is 0 Å². The maximum Gasteiger partial charge on any atom is 0.270 e. The number of benzene rings is 3. The van der Waals surface area contributed by atoms with Crippen LogP contribution in [0.3, 0.4) is 0 Å². The Morgan fingerprint density at radius 3 is 2.66 bits per heavy atom. The lowest BCUT2D eigenvalue weighted by molar-refractivity contribution is -0.384. The van der Waals surface area contributed by atoms with E-state index in [1.807, 2.05) is 0 Å². The predicted molar refractivity (Wildman–Crippen MR) is 111 cm³/mol. The van der Waals surface area contributed by atoms with Crippen LogP contribution in [0.5, 0.6) is 5.75 Å². The Morgan fingerprint density at radius 2 is 1.97 bits per heavy atom. The van der Waals surface area contributed by atoms with Crippen LogP contribution in [0.1, 0.15) is 16.7 Å². The van der Waals surface area contributed by atoms with Gasteiger partial charge in [-0.25, -0.2) is 4.39 Å². The first-order valence-electron chi connectivity index (χ1n) is 8.49. The van der Waals surface area contributed by atoms with Gasteiger partial charge < -0.3 is 4.74 Å². The highest BCUT2D eigenvalue weighted by Crippen LogP contribution is 2.29. The van der Waals surface area contributed by atoms with E-state index in [1.165, 1.54) is 30.3 Å². The van der Waals surface area contributed by atoms with Crippen molar-refractivity contribution in [2.75, 3.05) is 0 Å². The van der Waals surface area contributed by atoms with Crippen LogP contribution in [0.2, 0.25) is 0 Å². The van der Waals surface area contributed by atoms with Crippen molar-refractivity contribution in [2.45, 2.75) is 6.61 Å². The summed E-state index contributed by atoms with van der Waals surface area (Å²) in [6.45, 7) is 0.211. The summed E-state index contributed by atoms with van der Waals surface area (Å²) in [5.41, 5.74) is 2.11. The molecule has 0 spiro atoms. The first-order valence-corrected chi connectivity index (χ1v) is 9.29. The number of hydrogen-bond donors (Lipinski definition) is 0. The van der Waals surface area contributed by atoms with Crippen molar-refractivity contribution >= 4 is 33.3 Å². The number of halogens is 2. The van der Waals surface area contributed by atoms with Crippen molar-refractivity contribution in [1.82, 2.24) is 0 Å². The van der Waals surface area contributed by atoms with Crippen LogP contribution < -0.4 is 4.74 Å². The molecular weight excluding hydrogens is 439 g/mol. The Kier molecular flexibility index (Phi) is 6.37. The third-order valence-corrected chi connectivity index (χ3v) is 4.66. The summed E-state index contributed by atoms with van der Waals surface area (Å²) in [5, 5.41) is 20.4. The van der Waals surface area contributed by atoms with E-state index in [-0.39, 0.29) is 18.1 Å². The van der Waals surface area contributed by atoms with Crippen molar-refractivity contribution in [1.29, 1.82) is 5.26 Å². The summed E-state index contributed by atoms with van der Waals surface area (Å²) in [6.07, 6.45) is 1.64. The highest BCUT2D eigenvalue weighted by atomic mass is 79.9. The minimum Gasteiger partial charge on any atom is -0.488 e. The summed E-state index contributed by atoms with van der Waals surface area (Å²) in [6, 6.07) is 19.4. The molecule has 0 saturated heterocycles. The molecule has 0 amide bonds. The Balaban J connectivity index is 1.80. The lowest BCUT2D eigenvalue weighted by Crippen LogP contribution is -1.96. The van der Waals surface area contributed by atoms with Gasteiger partial charge in [-0.2, -0.15) is 5.26 Å². The molecule has 0 aromatic heterocycles. The van der Waals surface area contributed by atoms with E-state index >= 15 is 0 Å². The molecule has 29 heavy (non-hydrogen) atoms. The Bertz CT molecular complexity index is 1140. The second-order valence-electron chi connectivity index (χ2n) is 6.09. The molecule has 0 radical (unpaired) electrons. The van der Waals surface area contributed by atoms with Crippen molar-refractivity contribution in [3.63, 3.8) is 0 Å². The Morgan fingerprint density at radius 1 is 1.17 bits per heavy atom. The van der Waals surface area contributed by atoms with E-state index < -0.39 is 4.92 Å². The summed E-state index contributed by atoms with van der Waals surface area (Å²) in [5.74, 6) is 0.246. The van der Waals surface area contributed by atoms with Crippen LogP contribution in [-0.2, 0) is 6.61 Å². The molecule has 0 saturated carbocycles.